The smallest absolute Gasteiger partial charge is 0.0521 e. The molecule has 0 amide bonds. The molecule has 0 heterocycles. The van der Waals surface area contributed by atoms with E-state index in [0.717, 1.165) is 10.6 Å². The normalized spacial score (nSPS) is 12.5. The molecule has 1 heteroatoms. The molecule has 0 aliphatic heterocycles. The van der Waals surface area contributed by atoms with Gasteiger partial charge in [-0.2, -0.15) is 0 Å². The molecule has 2 aromatic rings. The minimum atomic E-state index is 0.0503. The molecule has 0 N–H and O–H groups in total. The van der Waals surface area contributed by atoms with Crippen LogP contribution in [0.2, 0.25) is 5.02 Å². The van der Waals surface area contributed by atoms with Crippen LogP contribution >= 0.6 is 11.6 Å². The Morgan fingerprint density at radius 2 is 1.38 bits per heavy atom. The van der Waals surface area contributed by atoms with Crippen molar-refractivity contribution >= 4 is 11.6 Å². The summed E-state index contributed by atoms with van der Waals surface area (Å²) in [6.07, 6.45) is 0. The number of rotatable bonds is 1. The van der Waals surface area contributed by atoms with Gasteiger partial charge in [0, 0.05) is 5.56 Å². The Balaban J connectivity index is 2.58. The first-order valence-corrected chi connectivity index (χ1v) is 7.88. The average Bonchev–Trinajstić information content (AvgIpc) is 2.37. The lowest BCUT2D eigenvalue weighted by Gasteiger charge is -2.23. The molecule has 0 saturated carbocycles. The molecular formula is C20H25Cl. The molecule has 2 aromatic carbocycles. The van der Waals surface area contributed by atoms with Crippen LogP contribution < -0.4 is 0 Å². The Hall–Kier alpha value is -1.27. The minimum absolute atomic E-state index is 0.0503. The van der Waals surface area contributed by atoms with E-state index in [1.54, 1.807) is 0 Å². The van der Waals surface area contributed by atoms with Gasteiger partial charge in [-0.25, -0.2) is 0 Å². The molecule has 0 saturated heterocycles. The zero-order valence-corrected chi connectivity index (χ0v) is 14.7. The van der Waals surface area contributed by atoms with Crippen LogP contribution in [0.3, 0.4) is 0 Å². The summed E-state index contributed by atoms with van der Waals surface area (Å²) in [5.74, 6) is 0. The van der Waals surface area contributed by atoms with Gasteiger partial charge in [0.1, 0.15) is 0 Å². The van der Waals surface area contributed by atoms with E-state index in [4.69, 9.17) is 11.6 Å². The van der Waals surface area contributed by atoms with Crippen molar-refractivity contribution in [3.05, 3.63) is 58.6 Å². The highest BCUT2D eigenvalue weighted by Gasteiger charge is 2.20. The SMILES string of the molecule is CC(C)(C)c1cccc(-c2cccc(C(C)(C)C)c2Cl)c1. The molecule has 0 unspecified atom stereocenters. The highest BCUT2D eigenvalue weighted by molar-refractivity contribution is 6.34. The lowest BCUT2D eigenvalue weighted by atomic mass is 9.83. The maximum absolute atomic E-state index is 6.69. The largest absolute Gasteiger partial charge is 0.0833 e. The second-order valence-electron chi connectivity index (χ2n) is 7.75. The Labute approximate surface area is 134 Å². The first kappa shape index (κ1) is 16.1. The molecule has 0 nitrogen and oxygen atoms in total. The first-order valence-electron chi connectivity index (χ1n) is 7.50. The summed E-state index contributed by atoms with van der Waals surface area (Å²) in [6, 6.07) is 15.0. The second kappa shape index (κ2) is 5.50. The van der Waals surface area contributed by atoms with Crippen molar-refractivity contribution in [2.45, 2.75) is 52.4 Å². The van der Waals surface area contributed by atoms with Crippen LogP contribution in [0.1, 0.15) is 52.7 Å². The molecule has 0 aromatic heterocycles. The van der Waals surface area contributed by atoms with Crippen LogP contribution in [-0.2, 0) is 10.8 Å². The Kier molecular flexibility index (Phi) is 4.22. The van der Waals surface area contributed by atoms with Crippen molar-refractivity contribution in [3.8, 4) is 11.1 Å². The van der Waals surface area contributed by atoms with Gasteiger partial charge < -0.3 is 0 Å². The van der Waals surface area contributed by atoms with E-state index in [0.29, 0.717) is 0 Å². The third kappa shape index (κ3) is 3.49. The number of hydrogen-bond donors (Lipinski definition) is 0. The number of hydrogen-bond acceptors (Lipinski definition) is 0. The van der Waals surface area contributed by atoms with Gasteiger partial charge in [-0.15, -0.1) is 0 Å². The Morgan fingerprint density at radius 1 is 0.762 bits per heavy atom. The summed E-state index contributed by atoms with van der Waals surface area (Å²) >= 11 is 6.69. The third-order valence-electron chi connectivity index (χ3n) is 3.85. The van der Waals surface area contributed by atoms with Crippen molar-refractivity contribution in [2.24, 2.45) is 0 Å². The number of halogens is 1. The Morgan fingerprint density at radius 3 is 1.95 bits per heavy atom. The van der Waals surface area contributed by atoms with E-state index >= 15 is 0 Å². The summed E-state index contributed by atoms with van der Waals surface area (Å²) < 4.78 is 0. The van der Waals surface area contributed by atoms with Crippen LogP contribution in [-0.4, -0.2) is 0 Å². The van der Waals surface area contributed by atoms with Crippen molar-refractivity contribution in [1.29, 1.82) is 0 Å². The fourth-order valence-electron chi connectivity index (χ4n) is 2.49. The third-order valence-corrected chi connectivity index (χ3v) is 4.25. The van der Waals surface area contributed by atoms with E-state index in [1.165, 1.54) is 16.7 Å². The quantitative estimate of drug-likeness (QED) is 0.556. The van der Waals surface area contributed by atoms with Crippen LogP contribution in [0.15, 0.2) is 42.5 Å². The maximum atomic E-state index is 6.69. The van der Waals surface area contributed by atoms with Gasteiger partial charge in [-0.05, 0) is 27.5 Å². The predicted octanol–water partition coefficient (Wildman–Crippen LogP) is 6.60. The van der Waals surface area contributed by atoms with E-state index < -0.39 is 0 Å². The van der Waals surface area contributed by atoms with Crippen molar-refractivity contribution in [1.82, 2.24) is 0 Å². The van der Waals surface area contributed by atoms with Crippen LogP contribution in [0.25, 0.3) is 11.1 Å². The second-order valence-corrected chi connectivity index (χ2v) is 8.13. The molecule has 0 aliphatic carbocycles. The van der Waals surface area contributed by atoms with Gasteiger partial charge in [-0.1, -0.05) is 95.6 Å². The van der Waals surface area contributed by atoms with Gasteiger partial charge >= 0.3 is 0 Å². The molecule has 0 radical (unpaired) electrons. The molecule has 0 bridgehead atoms. The summed E-state index contributed by atoms with van der Waals surface area (Å²) in [7, 11) is 0. The van der Waals surface area contributed by atoms with Crippen LogP contribution in [0, 0.1) is 0 Å². The fourth-order valence-corrected chi connectivity index (χ4v) is 3.01. The maximum Gasteiger partial charge on any atom is 0.0521 e. The van der Waals surface area contributed by atoms with Gasteiger partial charge in [0.05, 0.1) is 5.02 Å². The summed E-state index contributed by atoms with van der Waals surface area (Å²) in [4.78, 5) is 0. The molecule has 0 atom stereocenters. The van der Waals surface area contributed by atoms with Gasteiger partial charge in [0.2, 0.25) is 0 Å². The molecule has 0 aliphatic rings. The summed E-state index contributed by atoms with van der Waals surface area (Å²) in [5.41, 5.74) is 5.03. The zero-order valence-electron chi connectivity index (χ0n) is 13.9. The summed E-state index contributed by atoms with van der Waals surface area (Å²) in [6.45, 7) is 13.3. The minimum Gasteiger partial charge on any atom is -0.0833 e. The van der Waals surface area contributed by atoms with Crippen LogP contribution in [0.4, 0.5) is 0 Å². The predicted molar refractivity (Wildman–Crippen MR) is 94.3 cm³/mol. The molecule has 2 rings (SSSR count). The van der Waals surface area contributed by atoms with E-state index in [1.807, 2.05) is 0 Å². The van der Waals surface area contributed by atoms with Crippen LogP contribution in [0.5, 0.6) is 0 Å². The lowest BCUT2D eigenvalue weighted by Crippen LogP contribution is -2.12. The van der Waals surface area contributed by atoms with Crippen molar-refractivity contribution in [3.63, 3.8) is 0 Å². The first-order chi connectivity index (χ1) is 9.60. The van der Waals surface area contributed by atoms with Gasteiger partial charge in [0.25, 0.3) is 0 Å². The molecule has 0 spiro atoms. The topological polar surface area (TPSA) is 0 Å². The molecule has 112 valence electrons. The molecule has 0 fully saturated rings. The van der Waals surface area contributed by atoms with Gasteiger partial charge in [-0.3, -0.25) is 0 Å². The summed E-state index contributed by atoms with van der Waals surface area (Å²) in [5, 5.41) is 0.871. The van der Waals surface area contributed by atoms with E-state index in [-0.39, 0.29) is 10.8 Å². The lowest BCUT2D eigenvalue weighted by molar-refractivity contribution is 0.589. The Bertz CT molecular complexity index is 640. The highest BCUT2D eigenvalue weighted by Crippen LogP contribution is 2.37. The van der Waals surface area contributed by atoms with Crippen molar-refractivity contribution < 1.29 is 0 Å². The molecule has 21 heavy (non-hydrogen) atoms. The van der Waals surface area contributed by atoms with Gasteiger partial charge in [0.15, 0.2) is 0 Å². The highest BCUT2D eigenvalue weighted by atomic mass is 35.5. The average molecular weight is 301 g/mol. The standard InChI is InChI=1S/C20H25Cl/c1-19(2,3)15-10-7-9-14(13-15)16-11-8-12-17(18(16)21)20(4,5)6/h7-13H,1-6H3. The van der Waals surface area contributed by atoms with E-state index in [2.05, 4.69) is 84.0 Å². The zero-order chi connectivity index (χ0) is 15.8. The molecular weight excluding hydrogens is 276 g/mol. The van der Waals surface area contributed by atoms with E-state index in [9.17, 15) is 0 Å². The monoisotopic (exact) mass is 300 g/mol. The number of benzene rings is 2. The fraction of sp³-hybridized carbons (Fsp3) is 0.400. The van der Waals surface area contributed by atoms with Crippen molar-refractivity contribution in [2.75, 3.05) is 0 Å².